The van der Waals surface area contributed by atoms with E-state index in [1.165, 1.54) is 11.8 Å². The van der Waals surface area contributed by atoms with Crippen LogP contribution in [0.15, 0.2) is 24.3 Å². The first-order chi connectivity index (χ1) is 9.10. The van der Waals surface area contributed by atoms with Gasteiger partial charge in [-0.3, -0.25) is 9.69 Å². The van der Waals surface area contributed by atoms with Gasteiger partial charge >= 0.3 is 6.09 Å². The van der Waals surface area contributed by atoms with Gasteiger partial charge in [0.25, 0.3) is 0 Å². The summed E-state index contributed by atoms with van der Waals surface area (Å²) in [5.41, 5.74) is 0.717. The third-order valence-corrected chi connectivity index (χ3v) is 2.82. The van der Waals surface area contributed by atoms with Crippen molar-refractivity contribution in [3.8, 4) is 5.75 Å². The maximum Gasteiger partial charge on any atom is 0.414 e. The zero-order chi connectivity index (χ0) is 13.8. The number of rotatable bonds is 4. The largest absolute Gasteiger partial charge is 0.497 e. The Morgan fingerprint density at radius 3 is 3.05 bits per heavy atom. The number of amides is 2. The molecule has 2 amide bonds. The minimum atomic E-state index is -0.413. The van der Waals surface area contributed by atoms with Gasteiger partial charge in [0.15, 0.2) is 0 Å². The number of benzene rings is 1. The number of nitrogens with one attached hydrogen (secondary N) is 1. The summed E-state index contributed by atoms with van der Waals surface area (Å²) in [6.07, 6.45) is -0.744. The summed E-state index contributed by atoms with van der Waals surface area (Å²) in [7, 11) is 1.57. The minimum Gasteiger partial charge on any atom is -0.497 e. The van der Waals surface area contributed by atoms with E-state index in [4.69, 9.17) is 9.47 Å². The van der Waals surface area contributed by atoms with Gasteiger partial charge in [0.1, 0.15) is 11.9 Å². The Morgan fingerprint density at radius 1 is 1.58 bits per heavy atom. The lowest BCUT2D eigenvalue weighted by atomic mass is 10.2. The van der Waals surface area contributed by atoms with Crippen molar-refractivity contribution >= 4 is 17.7 Å². The summed E-state index contributed by atoms with van der Waals surface area (Å²) in [5, 5.41) is 2.64. The third-order valence-electron chi connectivity index (χ3n) is 2.82. The van der Waals surface area contributed by atoms with Gasteiger partial charge in [0, 0.05) is 13.0 Å². The molecule has 1 heterocycles. The summed E-state index contributed by atoms with van der Waals surface area (Å²) in [4.78, 5) is 24.1. The van der Waals surface area contributed by atoms with E-state index in [0.29, 0.717) is 18.8 Å². The molecule has 1 saturated heterocycles. The highest BCUT2D eigenvalue weighted by Gasteiger charge is 2.32. The smallest absolute Gasteiger partial charge is 0.414 e. The van der Waals surface area contributed by atoms with E-state index in [2.05, 4.69) is 5.32 Å². The predicted octanol–water partition coefficient (Wildman–Crippen LogP) is 1.16. The van der Waals surface area contributed by atoms with Crippen LogP contribution >= 0.6 is 0 Å². The van der Waals surface area contributed by atoms with Crippen LogP contribution in [0.5, 0.6) is 5.75 Å². The average Bonchev–Trinajstić information content (AvgIpc) is 2.78. The van der Waals surface area contributed by atoms with Gasteiger partial charge in [0.2, 0.25) is 5.91 Å². The maximum absolute atomic E-state index is 11.8. The number of anilines is 1. The lowest BCUT2D eigenvalue weighted by Crippen LogP contribution is -2.33. The number of methoxy groups -OCH3 is 1. The van der Waals surface area contributed by atoms with Crippen LogP contribution in [0.4, 0.5) is 10.5 Å². The van der Waals surface area contributed by atoms with Crippen LogP contribution in [-0.4, -0.2) is 38.3 Å². The molecule has 6 heteroatoms. The molecular weight excluding hydrogens is 248 g/mol. The van der Waals surface area contributed by atoms with Gasteiger partial charge in [0.05, 0.1) is 25.9 Å². The van der Waals surface area contributed by atoms with Gasteiger partial charge in [-0.2, -0.15) is 0 Å². The Labute approximate surface area is 111 Å². The molecule has 1 aliphatic heterocycles. The summed E-state index contributed by atoms with van der Waals surface area (Å²) in [5.74, 6) is 0.534. The minimum absolute atomic E-state index is 0.143. The number of nitrogens with zero attached hydrogens (tertiary/aromatic N) is 1. The second-order valence-corrected chi connectivity index (χ2v) is 4.25. The molecule has 1 atom stereocenters. The van der Waals surface area contributed by atoms with Crippen molar-refractivity contribution in [2.45, 2.75) is 13.0 Å². The molecule has 102 valence electrons. The highest BCUT2D eigenvalue weighted by atomic mass is 16.6. The van der Waals surface area contributed by atoms with Crippen LogP contribution in [0.25, 0.3) is 0 Å². The van der Waals surface area contributed by atoms with Crippen molar-refractivity contribution in [1.82, 2.24) is 5.32 Å². The molecule has 1 aromatic carbocycles. The van der Waals surface area contributed by atoms with E-state index >= 15 is 0 Å². The second-order valence-electron chi connectivity index (χ2n) is 4.25. The Hall–Kier alpha value is -2.24. The van der Waals surface area contributed by atoms with Crippen LogP contribution in [-0.2, 0) is 9.53 Å². The van der Waals surface area contributed by atoms with Gasteiger partial charge < -0.3 is 14.8 Å². The summed E-state index contributed by atoms with van der Waals surface area (Å²) >= 11 is 0. The van der Waals surface area contributed by atoms with E-state index in [-0.39, 0.29) is 12.0 Å². The Balaban J connectivity index is 2.04. The molecule has 6 nitrogen and oxygen atoms in total. The topological polar surface area (TPSA) is 67.9 Å². The molecule has 0 bridgehead atoms. The van der Waals surface area contributed by atoms with E-state index in [1.807, 2.05) is 12.1 Å². The number of carbonyl (C=O) groups excluding carboxylic acids is 2. The van der Waals surface area contributed by atoms with Gasteiger partial charge in [-0.05, 0) is 12.1 Å². The fourth-order valence-corrected chi connectivity index (χ4v) is 1.87. The fraction of sp³-hybridized carbons (Fsp3) is 0.385. The van der Waals surface area contributed by atoms with Gasteiger partial charge in [-0.25, -0.2) is 4.79 Å². The fourth-order valence-electron chi connectivity index (χ4n) is 1.87. The molecule has 0 spiro atoms. The summed E-state index contributed by atoms with van der Waals surface area (Å²) in [6.45, 7) is 2.16. The Bertz CT molecular complexity index is 489. The third kappa shape index (κ3) is 3.15. The van der Waals surface area contributed by atoms with Crippen LogP contribution in [0.3, 0.4) is 0 Å². The second kappa shape index (κ2) is 5.60. The molecule has 2 rings (SSSR count). The number of hydrogen-bond donors (Lipinski definition) is 1. The number of cyclic esters (lactones) is 1. The van der Waals surface area contributed by atoms with Gasteiger partial charge in [-0.15, -0.1) is 0 Å². The van der Waals surface area contributed by atoms with Crippen LogP contribution in [0, 0.1) is 0 Å². The first-order valence-electron chi connectivity index (χ1n) is 5.97. The lowest BCUT2D eigenvalue weighted by Gasteiger charge is -2.13. The Morgan fingerprint density at radius 2 is 2.37 bits per heavy atom. The molecule has 0 radical (unpaired) electrons. The molecular formula is C13H16N2O4. The van der Waals surface area contributed by atoms with Gasteiger partial charge in [-0.1, -0.05) is 6.07 Å². The quantitative estimate of drug-likeness (QED) is 0.886. The molecule has 19 heavy (non-hydrogen) atoms. The SMILES string of the molecule is COc1cccc(N2CC(CNC(C)=O)OC2=O)c1. The number of carbonyl (C=O) groups is 2. The zero-order valence-electron chi connectivity index (χ0n) is 10.9. The molecule has 1 N–H and O–H groups in total. The molecule has 0 aliphatic carbocycles. The van der Waals surface area contributed by atoms with Crippen LogP contribution < -0.4 is 15.0 Å². The molecule has 1 aromatic rings. The van der Waals surface area contributed by atoms with Crippen molar-refractivity contribution in [3.63, 3.8) is 0 Å². The van der Waals surface area contributed by atoms with Crippen molar-refractivity contribution < 1.29 is 19.1 Å². The van der Waals surface area contributed by atoms with E-state index in [9.17, 15) is 9.59 Å². The summed E-state index contributed by atoms with van der Waals surface area (Å²) in [6, 6.07) is 7.19. The predicted molar refractivity (Wildman–Crippen MR) is 69.3 cm³/mol. The summed E-state index contributed by atoms with van der Waals surface area (Å²) < 4.78 is 10.3. The highest BCUT2D eigenvalue weighted by Crippen LogP contribution is 2.25. The average molecular weight is 264 g/mol. The lowest BCUT2D eigenvalue weighted by molar-refractivity contribution is -0.119. The van der Waals surface area contributed by atoms with Crippen molar-refractivity contribution in [2.75, 3.05) is 25.1 Å². The zero-order valence-corrected chi connectivity index (χ0v) is 10.9. The number of ether oxygens (including phenoxy) is 2. The van der Waals surface area contributed by atoms with Crippen molar-refractivity contribution in [2.24, 2.45) is 0 Å². The van der Waals surface area contributed by atoms with Crippen molar-refractivity contribution in [3.05, 3.63) is 24.3 Å². The maximum atomic E-state index is 11.8. The molecule has 1 fully saturated rings. The van der Waals surface area contributed by atoms with Crippen LogP contribution in [0.2, 0.25) is 0 Å². The number of hydrogen-bond acceptors (Lipinski definition) is 4. The van der Waals surface area contributed by atoms with E-state index in [1.54, 1.807) is 19.2 Å². The highest BCUT2D eigenvalue weighted by molar-refractivity contribution is 5.90. The molecule has 1 unspecified atom stereocenters. The first kappa shape index (κ1) is 13.2. The Kier molecular flexibility index (Phi) is 3.89. The monoisotopic (exact) mass is 264 g/mol. The van der Waals surface area contributed by atoms with Crippen LogP contribution in [0.1, 0.15) is 6.92 Å². The van der Waals surface area contributed by atoms with E-state index < -0.39 is 6.09 Å². The molecule has 0 aromatic heterocycles. The first-order valence-corrected chi connectivity index (χ1v) is 5.97. The van der Waals surface area contributed by atoms with E-state index in [0.717, 1.165) is 5.69 Å². The molecule has 1 aliphatic rings. The standard InChI is InChI=1S/C13H16N2O4/c1-9(16)14-7-12-8-15(13(17)19-12)10-4-3-5-11(6-10)18-2/h3-6,12H,7-8H2,1-2H3,(H,14,16). The molecule has 0 saturated carbocycles. The van der Waals surface area contributed by atoms with Crippen molar-refractivity contribution in [1.29, 1.82) is 0 Å². The normalized spacial score (nSPS) is 18.1.